The Hall–Kier alpha value is -2.55. The molecule has 2 heterocycles. The molecule has 0 radical (unpaired) electrons. The van der Waals surface area contributed by atoms with Crippen molar-refractivity contribution >= 4 is 0 Å². The molecule has 0 aliphatic carbocycles. The van der Waals surface area contributed by atoms with Gasteiger partial charge in [0, 0.05) is 11.8 Å². The zero-order valence-corrected chi connectivity index (χ0v) is 8.14. The van der Waals surface area contributed by atoms with E-state index in [4.69, 9.17) is 9.68 Å². The standard InChI is InChI=1S/C10H7N3O3/c11-3-8-5-13(10(15)12-9(8)14)4-7-1-2-16-6-7/h1-2,5-6H,4H2,(H,12,14,15). The predicted molar refractivity (Wildman–Crippen MR) is 53.8 cm³/mol. The first-order valence-corrected chi connectivity index (χ1v) is 4.45. The molecule has 0 atom stereocenters. The van der Waals surface area contributed by atoms with E-state index in [1.807, 2.05) is 0 Å². The molecule has 2 aromatic rings. The van der Waals surface area contributed by atoms with E-state index in [9.17, 15) is 9.59 Å². The second kappa shape index (κ2) is 3.90. The SMILES string of the molecule is N#Cc1cn(Cc2ccoc2)c(=O)[nH]c1=O. The Bertz CT molecular complexity index is 643. The fourth-order valence-electron chi connectivity index (χ4n) is 1.29. The lowest BCUT2D eigenvalue weighted by Crippen LogP contribution is -2.31. The summed E-state index contributed by atoms with van der Waals surface area (Å²) in [6.45, 7) is 0.251. The van der Waals surface area contributed by atoms with Crippen molar-refractivity contribution < 1.29 is 4.42 Å². The normalized spacial score (nSPS) is 9.94. The molecule has 2 aromatic heterocycles. The summed E-state index contributed by atoms with van der Waals surface area (Å²) in [6, 6.07) is 3.41. The van der Waals surface area contributed by atoms with Gasteiger partial charge in [-0.25, -0.2) is 4.79 Å². The number of hydrogen-bond donors (Lipinski definition) is 1. The molecule has 16 heavy (non-hydrogen) atoms. The van der Waals surface area contributed by atoms with Gasteiger partial charge in [0.25, 0.3) is 5.56 Å². The Kier molecular flexibility index (Phi) is 2.44. The first-order chi connectivity index (χ1) is 7.70. The van der Waals surface area contributed by atoms with Crippen LogP contribution in [0.5, 0.6) is 0 Å². The van der Waals surface area contributed by atoms with Gasteiger partial charge in [-0.05, 0) is 6.07 Å². The van der Waals surface area contributed by atoms with Crippen molar-refractivity contribution in [2.24, 2.45) is 0 Å². The third-order valence-electron chi connectivity index (χ3n) is 2.06. The van der Waals surface area contributed by atoms with Gasteiger partial charge in [-0.3, -0.25) is 14.3 Å². The molecular weight excluding hydrogens is 210 g/mol. The van der Waals surface area contributed by atoms with Gasteiger partial charge in [0.05, 0.1) is 19.1 Å². The van der Waals surface area contributed by atoms with E-state index >= 15 is 0 Å². The number of aromatic amines is 1. The largest absolute Gasteiger partial charge is 0.472 e. The van der Waals surface area contributed by atoms with Crippen molar-refractivity contribution in [3.8, 4) is 6.07 Å². The molecule has 1 N–H and O–H groups in total. The molecule has 6 heteroatoms. The quantitative estimate of drug-likeness (QED) is 0.769. The Morgan fingerprint density at radius 3 is 2.94 bits per heavy atom. The number of furan rings is 1. The highest BCUT2D eigenvalue weighted by Crippen LogP contribution is 2.01. The minimum Gasteiger partial charge on any atom is -0.472 e. The summed E-state index contributed by atoms with van der Waals surface area (Å²) in [5, 5.41) is 8.66. The van der Waals surface area contributed by atoms with Crippen LogP contribution in [0.25, 0.3) is 0 Å². The van der Waals surface area contributed by atoms with Gasteiger partial charge in [0.15, 0.2) is 0 Å². The van der Waals surface area contributed by atoms with Gasteiger partial charge >= 0.3 is 5.69 Å². The molecule has 80 valence electrons. The van der Waals surface area contributed by atoms with Crippen molar-refractivity contribution in [2.45, 2.75) is 6.54 Å². The Morgan fingerprint density at radius 2 is 2.31 bits per heavy atom. The van der Waals surface area contributed by atoms with Gasteiger partial charge in [-0.15, -0.1) is 0 Å². The number of H-pyrrole nitrogens is 1. The van der Waals surface area contributed by atoms with Gasteiger partial charge in [-0.2, -0.15) is 5.26 Å². The maximum atomic E-state index is 11.4. The highest BCUT2D eigenvalue weighted by atomic mass is 16.3. The molecule has 0 bridgehead atoms. The van der Waals surface area contributed by atoms with E-state index < -0.39 is 11.2 Å². The molecule has 0 spiro atoms. The van der Waals surface area contributed by atoms with E-state index in [0.29, 0.717) is 0 Å². The van der Waals surface area contributed by atoms with E-state index in [1.54, 1.807) is 12.1 Å². The van der Waals surface area contributed by atoms with Crippen molar-refractivity contribution in [2.75, 3.05) is 0 Å². The number of nitrogens with one attached hydrogen (secondary N) is 1. The summed E-state index contributed by atoms with van der Waals surface area (Å²) in [7, 11) is 0. The van der Waals surface area contributed by atoms with Gasteiger partial charge in [0.2, 0.25) is 0 Å². The average molecular weight is 217 g/mol. The summed E-state index contributed by atoms with van der Waals surface area (Å²) in [5.74, 6) is 0. The first kappa shape index (κ1) is 9.98. The van der Waals surface area contributed by atoms with Crippen LogP contribution < -0.4 is 11.2 Å². The van der Waals surface area contributed by atoms with Gasteiger partial charge in [0.1, 0.15) is 11.6 Å². The lowest BCUT2D eigenvalue weighted by Gasteiger charge is -2.02. The summed E-state index contributed by atoms with van der Waals surface area (Å²) < 4.78 is 6.10. The smallest absolute Gasteiger partial charge is 0.328 e. The molecule has 0 fully saturated rings. The van der Waals surface area contributed by atoms with E-state index in [2.05, 4.69) is 4.98 Å². The van der Waals surface area contributed by atoms with Crippen LogP contribution in [0.4, 0.5) is 0 Å². The van der Waals surface area contributed by atoms with Gasteiger partial charge < -0.3 is 4.42 Å². The highest BCUT2D eigenvalue weighted by molar-refractivity contribution is 5.22. The molecule has 0 aromatic carbocycles. The van der Waals surface area contributed by atoms with Crippen molar-refractivity contribution in [1.82, 2.24) is 9.55 Å². The van der Waals surface area contributed by atoms with Crippen LogP contribution in [0.3, 0.4) is 0 Å². The summed E-state index contributed by atoms with van der Waals surface area (Å²) in [4.78, 5) is 24.6. The van der Waals surface area contributed by atoms with Crippen LogP contribution in [-0.2, 0) is 6.54 Å². The molecule has 0 aliphatic heterocycles. The maximum absolute atomic E-state index is 11.4. The van der Waals surface area contributed by atoms with E-state index in [1.165, 1.54) is 23.3 Å². The average Bonchev–Trinajstić information content (AvgIpc) is 2.75. The molecule has 2 rings (SSSR count). The molecule has 0 saturated carbocycles. The van der Waals surface area contributed by atoms with Crippen LogP contribution in [0.1, 0.15) is 11.1 Å². The number of nitriles is 1. The van der Waals surface area contributed by atoms with Crippen molar-refractivity contribution in [3.05, 3.63) is 56.8 Å². The third kappa shape index (κ3) is 1.79. The second-order valence-electron chi connectivity index (χ2n) is 3.17. The monoisotopic (exact) mass is 217 g/mol. The van der Waals surface area contributed by atoms with Crippen LogP contribution in [0.2, 0.25) is 0 Å². The maximum Gasteiger partial charge on any atom is 0.328 e. The van der Waals surface area contributed by atoms with Gasteiger partial charge in [-0.1, -0.05) is 0 Å². The van der Waals surface area contributed by atoms with Crippen LogP contribution in [0, 0.1) is 11.3 Å². The second-order valence-corrected chi connectivity index (χ2v) is 3.17. The number of hydrogen-bond acceptors (Lipinski definition) is 4. The predicted octanol–water partition coefficient (Wildman–Crippen LogP) is 0.0496. The molecule has 0 aliphatic rings. The minimum absolute atomic E-state index is 0.0944. The first-order valence-electron chi connectivity index (χ1n) is 4.45. The fourth-order valence-corrected chi connectivity index (χ4v) is 1.29. The van der Waals surface area contributed by atoms with Crippen LogP contribution in [0.15, 0.2) is 38.8 Å². The third-order valence-corrected chi connectivity index (χ3v) is 2.06. The number of rotatable bonds is 2. The minimum atomic E-state index is -0.670. The number of aromatic nitrogens is 2. The Balaban J connectivity index is 2.46. The number of nitrogens with zero attached hydrogens (tertiary/aromatic N) is 2. The van der Waals surface area contributed by atoms with Crippen LogP contribution in [-0.4, -0.2) is 9.55 Å². The fraction of sp³-hybridized carbons (Fsp3) is 0.100. The zero-order chi connectivity index (χ0) is 11.5. The zero-order valence-electron chi connectivity index (χ0n) is 8.14. The Labute approximate surface area is 89.4 Å². The molecule has 6 nitrogen and oxygen atoms in total. The van der Waals surface area contributed by atoms with E-state index in [0.717, 1.165) is 5.56 Å². The van der Waals surface area contributed by atoms with Crippen molar-refractivity contribution in [3.63, 3.8) is 0 Å². The van der Waals surface area contributed by atoms with Crippen LogP contribution >= 0.6 is 0 Å². The lowest BCUT2D eigenvalue weighted by atomic mass is 10.3. The summed E-state index contributed by atoms with van der Waals surface area (Å²) in [5.41, 5.74) is -0.540. The van der Waals surface area contributed by atoms with Crippen molar-refractivity contribution in [1.29, 1.82) is 5.26 Å². The summed E-state index contributed by atoms with van der Waals surface area (Å²) in [6.07, 6.45) is 4.20. The molecule has 0 saturated heterocycles. The molecule has 0 amide bonds. The van der Waals surface area contributed by atoms with E-state index in [-0.39, 0.29) is 12.1 Å². The topological polar surface area (TPSA) is 91.8 Å². The molecule has 0 unspecified atom stereocenters. The summed E-state index contributed by atoms with van der Waals surface area (Å²) >= 11 is 0. The Morgan fingerprint density at radius 1 is 1.50 bits per heavy atom. The molecular formula is C10H7N3O3. The lowest BCUT2D eigenvalue weighted by molar-refractivity contribution is 0.561. The highest BCUT2D eigenvalue weighted by Gasteiger charge is 2.04.